The fourth-order valence-electron chi connectivity index (χ4n) is 13.7. The van der Waals surface area contributed by atoms with Gasteiger partial charge in [0.25, 0.3) is 5.66 Å². The van der Waals surface area contributed by atoms with E-state index in [1.165, 1.54) is 0 Å². The van der Waals surface area contributed by atoms with Gasteiger partial charge < -0.3 is 143 Å². The molecular formula is C78H168Cl6N18O12+2. The van der Waals surface area contributed by atoms with E-state index in [0.717, 1.165) is 132 Å². The van der Waals surface area contributed by atoms with Gasteiger partial charge in [0.15, 0.2) is 0 Å². The zero-order valence-electron chi connectivity index (χ0n) is 72.8. The van der Waals surface area contributed by atoms with Crippen LogP contribution < -0.4 is 96.4 Å². The zero-order chi connectivity index (χ0) is 83.4. The SMILES string of the molecule is C.C.C[N+](C)(C)CC1CO1.C[N+](C)(C)CC1CO1.C[N+](C)(C)CC1CO1.ClCC1CO1.ClCC1CO1.ClCC1CO1.[C-]#[N+]C1(NCCNCCN)CC(C)(C)[NH+](O)C(C)(C)C1.[C-]#[N+]C1(OCC(O)CNCCNCCN)CC(C)(C)N(C)C(C)(C)C1.[C-]#[N+]C1(OCC(O)CNCCNCCN)CC(C)(C)[NH+](O)C(C)(C)C1.[Cl-].[Cl-].[Cl-]. The lowest BCUT2D eigenvalue weighted by Crippen LogP contribution is -3.25. The maximum atomic E-state index is 10.5. The van der Waals surface area contributed by atoms with E-state index < -0.39 is 40.4 Å². The number of hydroxylamine groups is 4. The molecule has 9 fully saturated rings. The molecule has 9 saturated heterocycles. The molecule has 0 radical (unpaired) electrons. The van der Waals surface area contributed by atoms with Crippen LogP contribution >= 0.6 is 34.8 Å². The molecule has 9 rings (SSSR count). The zero-order valence-corrected chi connectivity index (χ0v) is 77.4. The first-order valence-corrected chi connectivity index (χ1v) is 40.8. The summed E-state index contributed by atoms with van der Waals surface area (Å²) < 4.78 is 44.3. The number of nitrogens with zero attached hydrogens (tertiary/aromatic N) is 7. The average molecular weight is 1760 g/mol. The Morgan fingerprint density at radius 3 is 0.886 bits per heavy atom. The lowest BCUT2D eigenvalue weighted by molar-refractivity contribution is -1.16. The number of alkyl halides is 3. The van der Waals surface area contributed by atoms with Crippen LogP contribution in [0.25, 0.3) is 14.5 Å². The van der Waals surface area contributed by atoms with E-state index >= 15 is 0 Å². The first-order chi connectivity index (χ1) is 50.4. The van der Waals surface area contributed by atoms with Gasteiger partial charge in [-0.1, -0.05) is 14.9 Å². The van der Waals surface area contributed by atoms with E-state index in [1.807, 2.05) is 55.4 Å². The summed E-state index contributed by atoms with van der Waals surface area (Å²) in [5.74, 6) is 2.00. The number of piperidine rings is 3. The number of halogens is 6. The number of hydrogen-bond acceptors (Lipinski definition) is 22. The van der Waals surface area contributed by atoms with Crippen LogP contribution in [0.2, 0.25) is 0 Å². The molecule has 8 unspecified atom stereocenters. The van der Waals surface area contributed by atoms with Gasteiger partial charge in [-0.2, -0.15) is 10.1 Å². The second-order valence-corrected chi connectivity index (χ2v) is 38.2. The van der Waals surface area contributed by atoms with Gasteiger partial charge in [0.05, 0.1) is 190 Å². The van der Waals surface area contributed by atoms with Crippen LogP contribution in [-0.4, -0.2) is 390 Å². The molecule has 0 aromatic heterocycles. The smallest absolute Gasteiger partial charge is 0.349 e. The highest BCUT2D eigenvalue weighted by Gasteiger charge is 2.63. The van der Waals surface area contributed by atoms with Crippen LogP contribution in [0.4, 0.5) is 0 Å². The molecule has 0 aromatic carbocycles. The molecule has 9 heterocycles. The van der Waals surface area contributed by atoms with Crippen molar-refractivity contribution >= 4 is 34.8 Å². The standard InChI is InChI=1S/C18H37N5O2.C17H35N5O3.C14H29N5O.3C6H14NO.3C3H5ClO.2CH4.3ClH/c1-16(2)13-18(20-5,14-17(3,4)23(16)6)25-12-15(24)11-22-10-9-21-8-7-19;1-15(2)12-17(19-5,13-16(3,4)22(15)24)25-11-14(23)10-21-9-8-20-7-6-18;1-12(2)10-14(16-5,11-13(3,4)19(12)20)18-9-8-17-7-6-15;3*1-7(2,3)4-6-5-8-6;3*4-1-3-2-5-3;;;;;/h15,21-22,24H,7-14,19H2,1-4,6H3;14,20-21,23-24H,6-13,18H2,1-4H3;17-18,20H,6-11,15H2,1-4H3;3*6H,4-5H2,1-3H3;3*3H,1-2H2;2*1H4;3*1H/q;;;3*+1;;;;;;;;/p-1. The Hall–Kier alpha value is -0.870. The molecule has 30 nitrogen and oxygen atoms in total. The minimum atomic E-state index is -1.01. The quantitative estimate of drug-likeness (QED) is 0.00922. The third-order valence-corrected chi connectivity index (χ3v) is 20.1. The summed E-state index contributed by atoms with van der Waals surface area (Å²) in [6, 6.07) is 0. The van der Waals surface area contributed by atoms with Crippen LogP contribution in [-0.2, 0) is 37.9 Å². The number of aliphatic hydroxyl groups excluding tert-OH is 2. The fraction of sp³-hybridized carbons (Fsp3) is 0.962. The van der Waals surface area contributed by atoms with Gasteiger partial charge in [-0.25, -0.2) is 35.4 Å². The lowest BCUT2D eigenvalue weighted by Gasteiger charge is -2.53. The van der Waals surface area contributed by atoms with Gasteiger partial charge in [0.1, 0.15) is 72.9 Å². The van der Waals surface area contributed by atoms with Gasteiger partial charge in [-0.05, 0) is 90.1 Å². The highest BCUT2D eigenvalue weighted by Crippen LogP contribution is 2.45. The monoisotopic (exact) mass is 1760 g/mol. The Kier molecular flexibility index (Phi) is 61.4. The second kappa shape index (κ2) is 57.5. The average Bonchev–Trinajstić information content (AvgIpc) is 1.40. The summed E-state index contributed by atoms with van der Waals surface area (Å²) in [6.45, 7) is 66.3. The van der Waals surface area contributed by atoms with E-state index in [0.29, 0.717) is 136 Å². The number of nitrogens with one attached hydrogen (secondary N) is 8. The van der Waals surface area contributed by atoms with Gasteiger partial charge in [0, 0.05) is 103 Å². The molecule has 36 heteroatoms. The molecule has 9 aliphatic heterocycles. The van der Waals surface area contributed by atoms with Crippen LogP contribution in [0.15, 0.2) is 0 Å². The molecule has 114 heavy (non-hydrogen) atoms. The number of hydrogen-bond donors (Lipinski definition) is 15. The molecular weight excluding hydrogens is 1590 g/mol. The Morgan fingerprint density at radius 1 is 0.430 bits per heavy atom. The van der Waals surface area contributed by atoms with E-state index in [4.69, 9.17) is 110 Å². The lowest BCUT2D eigenvalue weighted by atomic mass is 9.75. The van der Waals surface area contributed by atoms with Crippen molar-refractivity contribution in [3.63, 3.8) is 0 Å². The normalized spacial score (nSPS) is 27.4. The third-order valence-electron chi connectivity index (χ3n) is 19.0. The summed E-state index contributed by atoms with van der Waals surface area (Å²) in [4.78, 5) is 13.8. The predicted molar refractivity (Wildman–Crippen MR) is 450 cm³/mol. The molecule has 8 atom stereocenters. The Morgan fingerprint density at radius 2 is 0.675 bits per heavy atom. The van der Waals surface area contributed by atoms with Crippen molar-refractivity contribution in [2.45, 2.75) is 236 Å². The summed E-state index contributed by atoms with van der Waals surface area (Å²) in [5, 5.41) is 61.3. The van der Waals surface area contributed by atoms with Gasteiger partial charge in [-0.15, -0.1) is 34.8 Å². The largest absolute Gasteiger partial charge is 1.00 e. The highest BCUT2D eigenvalue weighted by molar-refractivity contribution is 6.18. The van der Waals surface area contributed by atoms with Crippen LogP contribution in [0.5, 0.6) is 0 Å². The van der Waals surface area contributed by atoms with E-state index in [2.05, 4.69) is 150 Å². The summed E-state index contributed by atoms with van der Waals surface area (Å²) in [6.07, 6.45) is 4.96. The number of ether oxygens (including phenoxy) is 8. The molecule has 18 N–H and O–H groups in total. The molecule has 0 bridgehead atoms. The van der Waals surface area contributed by atoms with Crippen molar-refractivity contribution < 1.29 is 119 Å². The number of aliphatic hydroxyl groups is 2. The third kappa shape index (κ3) is 56.0. The molecule has 0 aromatic rings. The number of nitrogens with two attached hydrogens (primary N) is 3. The van der Waals surface area contributed by atoms with E-state index in [-0.39, 0.29) is 87.4 Å². The number of rotatable bonds is 35. The molecule has 0 spiro atoms. The predicted octanol–water partition coefficient (Wildman–Crippen LogP) is -7.06. The van der Waals surface area contributed by atoms with Crippen molar-refractivity contribution in [3.05, 3.63) is 34.3 Å². The van der Waals surface area contributed by atoms with Crippen molar-refractivity contribution in [1.29, 1.82) is 0 Å². The van der Waals surface area contributed by atoms with E-state index in [1.54, 1.807) is 0 Å². The van der Waals surface area contributed by atoms with Crippen molar-refractivity contribution in [3.8, 4) is 0 Å². The molecule has 0 saturated carbocycles. The summed E-state index contributed by atoms with van der Waals surface area (Å²) in [5.41, 5.74) is 11.8. The van der Waals surface area contributed by atoms with Gasteiger partial charge in [-0.3, -0.25) is 19.4 Å². The highest BCUT2D eigenvalue weighted by atomic mass is 35.5. The second-order valence-electron chi connectivity index (χ2n) is 37.2. The van der Waals surface area contributed by atoms with Crippen LogP contribution in [0, 0.1) is 19.7 Å². The van der Waals surface area contributed by atoms with Crippen LogP contribution in [0.1, 0.15) is 136 Å². The van der Waals surface area contributed by atoms with Gasteiger partial charge >= 0.3 is 11.4 Å². The Bertz CT molecular complexity index is 2360. The van der Waals surface area contributed by atoms with E-state index in [9.17, 15) is 20.6 Å². The maximum absolute atomic E-state index is 10.5. The molecule has 682 valence electrons. The number of likely N-dealkylation sites (tertiary alicyclic amines) is 1. The minimum Gasteiger partial charge on any atom is -1.00 e. The first kappa shape index (κ1) is 122. The Balaban J connectivity index is -0.000000414. The maximum Gasteiger partial charge on any atom is 0.349 e. The van der Waals surface area contributed by atoms with Gasteiger partial charge in [0.2, 0.25) is 0 Å². The summed E-state index contributed by atoms with van der Waals surface area (Å²) in [7, 11) is 21.7. The number of epoxide rings is 6. The molecule has 9 aliphatic rings. The summed E-state index contributed by atoms with van der Waals surface area (Å²) >= 11 is 15.8. The molecule has 0 aliphatic carbocycles. The topological polar surface area (TPSA) is 350 Å². The Labute approximate surface area is 726 Å². The van der Waals surface area contributed by atoms with Crippen molar-refractivity contribution in [2.24, 2.45) is 17.2 Å². The fourth-order valence-corrected chi connectivity index (χ4v) is 14.2. The van der Waals surface area contributed by atoms with Crippen molar-refractivity contribution in [1.82, 2.24) is 36.8 Å². The van der Waals surface area contributed by atoms with Crippen molar-refractivity contribution in [2.75, 3.05) is 252 Å². The minimum absolute atomic E-state index is 0. The number of likely N-dealkylation sites (N-methyl/N-ethyl adjacent to an activating group) is 3. The number of quaternary nitrogens is 5. The van der Waals surface area contributed by atoms with Crippen LogP contribution in [0.3, 0.4) is 0 Å². The molecule has 0 amide bonds. The first-order valence-electron chi connectivity index (χ1n) is 39.2.